The van der Waals surface area contributed by atoms with Crippen LogP contribution in [0.4, 0.5) is 0 Å². The van der Waals surface area contributed by atoms with Crippen molar-refractivity contribution < 1.29 is 9.90 Å². The van der Waals surface area contributed by atoms with Crippen molar-refractivity contribution in [2.75, 3.05) is 0 Å². The Kier molecular flexibility index (Phi) is 4.59. The molecule has 19 heavy (non-hydrogen) atoms. The molecule has 3 nitrogen and oxygen atoms in total. The monoisotopic (exact) mass is 261 g/mol. The molecule has 1 aromatic rings. The van der Waals surface area contributed by atoms with E-state index < -0.39 is 5.97 Å². The van der Waals surface area contributed by atoms with Crippen molar-refractivity contribution in [1.82, 2.24) is 5.32 Å². The molecule has 0 bridgehead atoms. The number of carboxylic acids is 1. The fourth-order valence-electron chi connectivity index (χ4n) is 2.92. The maximum Gasteiger partial charge on any atom is 0.306 e. The van der Waals surface area contributed by atoms with Crippen LogP contribution in [-0.2, 0) is 11.3 Å². The van der Waals surface area contributed by atoms with E-state index in [1.807, 2.05) is 0 Å². The van der Waals surface area contributed by atoms with Crippen LogP contribution in [0.5, 0.6) is 0 Å². The van der Waals surface area contributed by atoms with E-state index in [-0.39, 0.29) is 5.92 Å². The van der Waals surface area contributed by atoms with Gasteiger partial charge in [0.15, 0.2) is 0 Å². The molecule has 2 rings (SSSR count). The van der Waals surface area contributed by atoms with E-state index in [4.69, 9.17) is 5.11 Å². The number of hydrogen-bond acceptors (Lipinski definition) is 2. The van der Waals surface area contributed by atoms with Crippen molar-refractivity contribution >= 4 is 5.97 Å². The molecule has 1 aliphatic rings. The van der Waals surface area contributed by atoms with Gasteiger partial charge in [-0.05, 0) is 56.2 Å². The van der Waals surface area contributed by atoms with Crippen LogP contribution in [0.1, 0.15) is 42.4 Å². The summed E-state index contributed by atoms with van der Waals surface area (Å²) >= 11 is 0. The Morgan fingerprint density at radius 1 is 1.21 bits per heavy atom. The predicted molar refractivity (Wildman–Crippen MR) is 76.1 cm³/mol. The molecule has 2 N–H and O–H groups in total. The zero-order valence-corrected chi connectivity index (χ0v) is 11.8. The number of aryl methyl sites for hydroxylation is 2. The molecular weight excluding hydrogens is 238 g/mol. The van der Waals surface area contributed by atoms with Crippen molar-refractivity contribution in [2.45, 2.75) is 52.1 Å². The van der Waals surface area contributed by atoms with Gasteiger partial charge in [-0.2, -0.15) is 0 Å². The van der Waals surface area contributed by atoms with Gasteiger partial charge in [-0.3, -0.25) is 4.79 Å². The summed E-state index contributed by atoms with van der Waals surface area (Å²) in [5.41, 5.74) is 4.03. The van der Waals surface area contributed by atoms with Crippen LogP contribution in [0, 0.1) is 19.8 Å². The first-order chi connectivity index (χ1) is 9.08. The average Bonchev–Trinajstić information content (AvgIpc) is 2.38. The fourth-order valence-corrected chi connectivity index (χ4v) is 2.92. The van der Waals surface area contributed by atoms with Crippen LogP contribution >= 0.6 is 0 Å². The minimum Gasteiger partial charge on any atom is -0.481 e. The molecule has 0 aliphatic heterocycles. The van der Waals surface area contributed by atoms with Gasteiger partial charge >= 0.3 is 5.97 Å². The van der Waals surface area contributed by atoms with Crippen molar-refractivity contribution in [3.8, 4) is 0 Å². The summed E-state index contributed by atoms with van der Waals surface area (Å²) in [7, 11) is 0. The molecule has 0 unspecified atom stereocenters. The van der Waals surface area contributed by atoms with Gasteiger partial charge in [0.25, 0.3) is 0 Å². The van der Waals surface area contributed by atoms with Gasteiger partial charge in [0.2, 0.25) is 0 Å². The van der Waals surface area contributed by atoms with Crippen LogP contribution < -0.4 is 5.32 Å². The molecule has 0 atom stereocenters. The first-order valence-electron chi connectivity index (χ1n) is 7.09. The Morgan fingerprint density at radius 3 is 2.32 bits per heavy atom. The quantitative estimate of drug-likeness (QED) is 0.876. The molecule has 1 aromatic carbocycles. The predicted octanol–water partition coefficient (Wildman–Crippen LogP) is 3.04. The molecule has 0 amide bonds. The minimum atomic E-state index is -0.631. The fraction of sp³-hybridized carbons (Fsp3) is 0.562. The van der Waals surface area contributed by atoms with Gasteiger partial charge in [-0.25, -0.2) is 0 Å². The van der Waals surface area contributed by atoms with Gasteiger partial charge in [-0.1, -0.05) is 18.2 Å². The number of carbonyl (C=O) groups is 1. The highest BCUT2D eigenvalue weighted by Gasteiger charge is 2.25. The lowest BCUT2D eigenvalue weighted by molar-refractivity contribution is -0.142. The second-order valence-corrected chi connectivity index (χ2v) is 5.64. The second kappa shape index (κ2) is 6.20. The number of hydrogen-bond donors (Lipinski definition) is 2. The molecule has 0 spiro atoms. The molecule has 3 heteroatoms. The number of nitrogens with one attached hydrogen (secondary N) is 1. The van der Waals surface area contributed by atoms with Crippen molar-refractivity contribution in [1.29, 1.82) is 0 Å². The van der Waals surface area contributed by atoms with E-state index in [0.29, 0.717) is 6.04 Å². The molecule has 0 heterocycles. The van der Waals surface area contributed by atoms with Crippen molar-refractivity contribution in [3.05, 3.63) is 34.9 Å². The highest BCUT2D eigenvalue weighted by molar-refractivity contribution is 5.70. The Labute approximate surface area is 115 Å². The Bertz CT molecular complexity index is 428. The summed E-state index contributed by atoms with van der Waals surface area (Å²) < 4.78 is 0. The van der Waals surface area contributed by atoms with Crippen LogP contribution in [0.2, 0.25) is 0 Å². The molecular formula is C16H23NO2. The highest BCUT2D eigenvalue weighted by Crippen LogP contribution is 2.25. The van der Waals surface area contributed by atoms with Crippen LogP contribution in [0.15, 0.2) is 18.2 Å². The Morgan fingerprint density at radius 2 is 1.79 bits per heavy atom. The van der Waals surface area contributed by atoms with Gasteiger partial charge < -0.3 is 10.4 Å². The summed E-state index contributed by atoms with van der Waals surface area (Å²) in [5.74, 6) is -0.758. The summed E-state index contributed by atoms with van der Waals surface area (Å²) in [6.45, 7) is 5.18. The van der Waals surface area contributed by atoms with E-state index in [2.05, 4.69) is 37.4 Å². The summed E-state index contributed by atoms with van der Waals surface area (Å²) in [5, 5.41) is 12.6. The Hall–Kier alpha value is -1.35. The second-order valence-electron chi connectivity index (χ2n) is 5.64. The smallest absolute Gasteiger partial charge is 0.306 e. The number of rotatable bonds is 4. The summed E-state index contributed by atoms with van der Waals surface area (Å²) in [6.07, 6.45) is 3.56. The summed E-state index contributed by atoms with van der Waals surface area (Å²) in [6, 6.07) is 6.85. The first kappa shape index (κ1) is 14.1. The van der Waals surface area contributed by atoms with Gasteiger partial charge in [-0.15, -0.1) is 0 Å². The molecule has 0 saturated heterocycles. The number of benzene rings is 1. The maximum absolute atomic E-state index is 10.9. The molecule has 1 saturated carbocycles. The third-order valence-electron chi connectivity index (χ3n) is 4.29. The first-order valence-corrected chi connectivity index (χ1v) is 7.09. The SMILES string of the molecule is Cc1cccc(C)c1CNC1CCC(C(=O)O)CC1. The largest absolute Gasteiger partial charge is 0.481 e. The zero-order chi connectivity index (χ0) is 13.8. The highest BCUT2D eigenvalue weighted by atomic mass is 16.4. The third-order valence-corrected chi connectivity index (χ3v) is 4.29. The van der Waals surface area contributed by atoms with Gasteiger partial charge in [0.05, 0.1) is 5.92 Å². The summed E-state index contributed by atoms with van der Waals surface area (Å²) in [4.78, 5) is 10.9. The van der Waals surface area contributed by atoms with Crippen molar-refractivity contribution in [2.24, 2.45) is 5.92 Å². The number of aliphatic carboxylic acids is 1. The molecule has 1 aliphatic carbocycles. The maximum atomic E-state index is 10.9. The standard InChI is InChI=1S/C16H23NO2/c1-11-4-3-5-12(2)15(11)10-17-14-8-6-13(7-9-14)16(18)19/h3-5,13-14,17H,6-10H2,1-2H3,(H,18,19). The number of carboxylic acid groups (broad SMARTS) is 1. The van der Waals surface area contributed by atoms with E-state index in [1.165, 1.54) is 16.7 Å². The third kappa shape index (κ3) is 3.57. The molecule has 104 valence electrons. The van der Waals surface area contributed by atoms with Gasteiger partial charge in [0, 0.05) is 12.6 Å². The van der Waals surface area contributed by atoms with Crippen molar-refractivity contribution in [3.63, 3.8) is 0 Å². The topological polar surface area (TPSA) is 49.3 Å². The van der Waals surface area contributed by atoms with Crippen LogP contribution in [0.25, 0.3) is 0 Å². The van der Waals surface area contributed by atoms with E-state index in [1.54, 1.807) is 0 Å². The van der Waals surface area contributed by atoms with Crippen LogP contribution in [-0.4, -0.2) is 17.1 Å². The lowest BCUT2D eigenvalue weighted by Gasteiger charge is -2.27. The Balaban J connectivity index is 1.86. The molecule has 1 fully saturated rings. The molecule has 0 aromatic heterocycles. The van der Waals surface area contributed by atoms with Crippen LogP contribution in [0.3, 0.4) is 0 Å². The van der Waals surface area contributed by atoms with Gasteiger partial charge in [0.1, 0.15) is 0 Å². The lowest BCUT2D eigenvalue weighted by atomic mass is 9.86. The van der Waals surface area contributed by atoms with E-state index >= 15 is 0 Å². The average molecular weight is 261 g/mol. The van der Waals surface area contributed by atoms with E-state index in [9.17, 15) is 4.79 Å². The van der Waals surface area contributed by atoms with E-state index in [0.717, 1.165) is 32.2 Å². The normalized spacial score (nSPS) is 23.3. The minimum absolute atomic E-state index is 0.127. The lowest BCUT2D eigenvalue weighted by Crippen LogP contribution is -2.34. The zero-order valence-electron chi connectivity index (χ0n) is 11.8. The molecule has 0 radical (unpaired) electrons.